The minimum atomic E-state index is 0.644. The van der Waals surface area contributed by atoms with Gasteiger partial charge in [-0.15, -0.1) is 0 Å². The van der Waals surface area contributed by atoms with Crippen LogP contribution in [0.5, 0.6) is 0 Å². The van der Waals surface area contributed by atoms with Crippen LogP contribution >= 0.6 is 12.2 Å². The first-order valence-electron chi connectivity index (χ1n) is 8.80. The van der Waals surface area contributed by atoms with E-state index in [0.717, 1.165) is 45.1 Å². The SMILES string of the molecule is Cc1ccc(NC(=S)NCc2ccc(C[NH+]3CCOCC3)cc2)cc1. The van der Waals surface area contributed by atoms with E-state index in [1.807, 2.05) is 12.1 Å². The molecule has 1 aliphatic heterocycles. The van der Waals surface area contributed by atoms with Crippen LogP contribution in [0.1, 0.15) is 16.7 Å². The fourth-order valence-electron chi connectivity index (χ4n) is 2.90. The second kappa shape index (κ2) is 8.94. The van der Waals surface area contributed by atoms with Crippen molar-refractivity contribution in [2.45, 2.75) is 20.0 Å². The van der Waals surface area contributed by atoms with Crippen molar-refractivity contribution in [3.05, 3.63) is 65.2 Å². The molecule has 0 spiro atoms. The summed E-state index contributed by atoms with van der Waals surface area (Å²) in [4.78, 5) is 1.60. The third-order valence-corrected chi connectivity index (χ3v) is 4.69. The number of nitrogens with one attached hydrogen (secondary N) is 3. The van der Waals surface area contributed by atoms with E-state index in [1.165, 1.54) is 16.7 Å². The minimum Gasteiger partial charge on any atom is -0.370 e. The number of aryl methyl sites for hydroxylation is 1. The molecule has 5 heteroatoms. The van der Waals surface area contributed by atoms with Crippen molar-refractivity contribution in [1.82, 2.24) is 5.32 Å². The van der Waals surface area contributed by atoms with Crippen LogP contribution in [0.4, 0.5) is 5.69 Å². The van der Waals surface area contributed by atoms with Gasteiger partial charge in [0.1, 0.15) is 19.6 Å². The maximum absolute atomic E-state index is 5.41. The average Bonchev–Trinajstić information content (AvgIpc) is 2.64. The highest BCUT2D eigenvalue weighted by molar-refractivity contribution is 7.80. The molecule has 1 heterocycles. The van der Waals surface area contributed by atoms with E-state index in [1.54, 1.807) is 4.90 Å². The quantitative estimate of drug-likeness (QED) is 0.716. The molecule has 0 atom stereocenters. The number of rotatable bonds is 5. The average molecular weight is 357 g/mol. The number of morpholine rings is 1. The Bertz CT molecular complexity index is 679. The molecule has 132 valence electrons. The molecule has 0 aliphatic carbocycles. The maximum Gasteiger partial charge on any atom is 0.171 e. The van der Waals surface area contributed by atoms with Gasteiger partial charge < -0.3 is 20.3 Å². The molecule has 3 N–H and O–H groups in total. The summed E-state index contributed by atoms with van der Waals surface area (Å²) in [6.45, 7) is 7.83. The molecular weight excluding hydrogens is 330 g/mol. The summed E-state index contributed by atoms with van der Waals surface area (Å²) >= 11 is 5.36. The van der Waals surface area contributed by atoms with E-state index in [2.05, 4.69) is 54.0 Å². The topological polar surface area (TPSA) is 37.7 Å². The van der Waals surface area contributed by atoms with Crippen molar-refractivity contribution < 1.29 is 9.64 Å². The molecule has 2 aromatic carbocycles. The van der Waals surface area contributed by atoms with E-state index in [-0.39, 0.29) is 0 Å². The summed E-state index contributed by atoms with van der Waals surface area (Å²) < 4.78 is 5.41. The zero-order valence-corrected chi connectivity index (χ0v) is 15.5. The van der Waals surface area contributed by atoms with Crippen molar-refractivity contribution in [1.29, 1.82) is 0 Å². The lowest BCUT2D eigenvalue weighted by Crippen LogP contribution is -3.12. The lowest BCUT2D eigenvalue weighted by atomic mass is 10.1. The number of benzene rings is 2. The largest absolute Gasteiger partial charge is 0.370 e. The lowest BCUT2D eigenvalue weighted by Gasteiger charge is -2.23. The van der Waals surface area contributed by atoms with Crippen LogP contribution in [-0.2, 0) is 17.8 Å². The van der Waals surface area contributed by atoms with Gasteiger partial charge in [0.25, 0.3) is 0 Å². The zero-order valence-electron chi connectivity index (χ0n) is 14.7. The van der Waals surface area contributed by atoms with Gasteiger partial charge >= 0.3 is 0 Å². The van der Waals surface area contributed by atoms with Crippen molar-refractivity contribution in [2.24, 2.45) is 0 Å². The highest BCUT2D eigenvalue weighted by atomic mass is 32.1. The fraction of sp³-hybridized carbons (Fsp3) is 0.350. The first-order chi connectivity index (χ1) is 12.2. The summed E-state index contributed by atoms with van der Waals surface area (Å²) in [5.74, 6) is 0. The first kappa shape index (κ1) is 17.9. The highest BCUT2D eigenvalue weighted by Gasteiger charge is 2.13. The molecule has 0 aromatic heterocycles. The van der Waals surface area contributed by atoms with Gasteiger partial charge in [0.2, 0.25) is 0 Å². The van der Waals surface area contributed by atoms with E-state index in [0.29, 0.717) is 5.11 Å². The Kier molecular flexibility index (Phi) is 6.39. The van der Waals surface area contributed by atoms with Crippen molar-refractivity contribution >= 4 is 23.0 Å². The van der Waals surface area contributed by atoms with Crippen LogP contribution in [0.2, 0.25) is 0 Å². The molecule has 4 nitrogen and oxygen atoms in total. The van der Waals surface area contributed by atoms with E-state index >= 15 is 0 Å². The number of thiocarbonyl (C=S) groups is 1. The maximum atomic E-state index is 5.41. The third kappa shape index (κ3) is 5.81. The number of hydrogen-bond acceptors (Lipinski definition) is 2. The van der Waals surface area contributed by atoms with Gasteiger partial charge in [0.15, 0.2) is 5.11 Å². The second-order valence-corrected chi connectivity index (χ2v) is 6.94. The number of hydrogen-bond donors (Lipinski definition) is 3. The van der Waals surface area contributed by atoms with Crippen LogP contribution < -0.4 is 15.5 Å². The molecule has 0 unspecified atom stereocenters. The van der Waals surface area contributed by atoms with Crippen LogP contribution in [-0.4, -0.2) is 31.4 Å². The smallest absolute Gasteiger partial charge is 0.171 e. The predicted octanol–water partition coefficient (Wildman–Crippen LogP) is 1.90. The van der Waals surface area contributed by atoms with Gasteiger partial charge in [-0.2, -0.15) is 0 Å². The third-order valence-electron chi connectivity index (χ3n) is 4.44. The van der Waals surface area contributed by atoms with Crippen molar-refractivity contribution in [3.8, 4) is 0 Å². The Labute approximate surface area is 155 Å². The summed E-state index contributed by atoms with van der Waals surface area (Å²) in [5, 5.41) is 7.12. The van der Waals surface area contributed by atoms with E-state index in [9.17, 15) is 0 Å². The Morgan fingerprint density at radius 2 is 1.64 bits per heavy atom. The molecule has 0 bridgehead atoms. The molecule has 1 fully saturated rings. The Hall–Kier alpha value is -1.95. The summed E-state index contributed by atoms with van der Waals surface area (Å²) in [5.41, 5.74) is 4.85. The Morgan fingerprint density at radius 3 is 2.32 bits per heavy atom. The summed E-state index contributed by atoms with van der Waals surface area (Å²) in [6, 6.07) is 17.0. The summed E-state index contributed by atoms with van der Waals surface area (Å²) in [7, 11) is 0. The van der Waals surface area contributed by atoms with Crippen molar-refractivity contribution in [3.63, 3.8) is 0 Å². The van der Waals surface area contributed by atoms with E-state index in [4.69, 9.17) is 17.0 Å². The zero-order chi connectivity index (χ0) is 17.5. The predicted molar refractivity (Wildman–Crippen MR) is 106 cm³/mol. The van der Waals surface area contributed by atoms with Gasteiger partial charge in [-0.25, -0.2) is 0 Å². The Balaban J connectivity index is 1.44. The number of ether oxygens (including phenoxy) is 1. The van der Waals surface area contributed by atoms with Gasteiger partial charge in [0.05, 0.1) is 13.2 Å². The summed E-state index contributed by atoms with van der Waals surface area (Å²) in [6.07, 6.45) is 0. The molecule has 1 aliphatic rings. The highest BCUT2D eigenvalue weighted by Crippen LogP contribution is 2.08. The standard InChI is InChI=1S/C20H25N3OS/c1-16-2-8-19(9-3-16)22-20(25)21-14-17-4-6-18(7-5-17)15-23-10-12-24-13-11-23/h2-9H,10-15H2,1H3,(H2,21,22,25)/p+1. The minimum absolute atomic E-state index is 0.644. The first-order valence-corrected chi connectivity index (χ1v) is 9.20. The molecule has 3 rings (SSSR count). The molecule has 25 heavy (non-hydrogen) atoms. The van der Waals surface area contributed by atoms with Crippen LogP contribution in [0.3, 0.4) is 0 Å². The second-order valence-electron chi connectivity index (χ2n) is 6.53. The fourth-order valence-corrected chi connectivity index (χ4v) is 3.09. The Morgan fingerprint density at radius 1 is 1.00 bits per heavy atom. The normalized spacial score (nSPS) is 14.9. The van der Waals surface area contributed by atoms with Gasteiger partial charge in [-0.05, 0) is 36.8 Å². The number of quaternary nitrogens is 1. The lowest BCUT2D eigenvalue weighted by molar-refractivity contribution is -0.921. The van der Waals surface area contributed by atoms with Crippen molar-refractivity contribution in [2.75, 3.05) is 31.6 Å². The molecule has 2 aromatic rings. The van der Waals surface area contributed by atoms with Gasteiger partial charge in [-0.1, -0.05) is 42.0 Å². The van der Waals surface area contributed by atoms with Crippen LogP contribution in [0.15, 0.2) is 48.5 Å². The molecule has 1 saturated heterocycles. The number of anilines is 1. The van der Waals surface area contributed by atoms with Gasteiger partial charge in [-0.3, -0.25) is 0 Å². The molecular formula is C20H26N3OS+. The van der Waals surface area contributed by atoms with E-state index < -0.39 is 0 Å². The van der Waals surface area contributed by atoms with Crippen LogP contribution in [0.25, 0.3) is 0 Å². The van der Waals surface area contributed by atoms with Gasteiger partial charge in [0, 0.05) is 17.8 Å². The van der Waals surface area contributed by atoms with Crippen LogP contribution in [0, 0.1) is 6.92 Å². The molecule has 0 saturated carbocycles. The molecule has 0 radical (unpaired) electrons. The monoisotopic (exact) mass is 356 g/mol. The molecule has 0 amide bonds.